The van der Waals surface area contributed by atoms with Gasteiger partial charge in [0.1, 0.15) is 0 Å². The second kappa shape index (κ2) is 11.9. The van der Waals surface area contributed by atoms with Crippen molar-refractivity contribution in [3.63, 3.8) is 0 Å². The molecule has 1 aromatic rings. The summed E-state index contributed by atoms with van der Waals surface area (Å²) < 4.78 is 5.43. The Morgan fingerprint density at radius 3 is 2.30 bits per heavy atom. The molecule has 1 heterocycles. The van der Waals surface area contributed by atoms with Gasteiger partial charge < -0.3 is 15.4 Å². The van der Waals surface area contributed by atoms with Crippen molar-refractivity contribution >= 4 is 29.9 Å². The van der Waals surface area contributed by atoms with E-state index in [1.807, 2.05) is 0 Å². The van der Waals surface area contributed by atoms with Crippen LogP contribution in [0.15, 0.2) is 29.3 Å². The van der Waals surface area contributed by atoms with Crippen LogP contribution in [-0.4, -0.2) is 50.3 Å². The molecule has 0 unspecified atom stereocenters. The first-order valence-electron chi connectivity index (χ1n) is 9.71. The van der Waals surface area contributed by atoms with Crippen LogP contribution < -0.4 is 10.6 Å². The van der Waals surface area contributed by atoms with E-state index in [0.29, 0.717) is 6.54 Å². The molecule has 2 rings (SSSR count). The molecule has 1 saturated heterocycles. The van der Waals surface area contributed by atoms with Crippen LogP contribution in [0.25, 0.3) is 0 Å². The van der Waals surface area contributed by atoms with Gasteiger partial charge in [-0.1, -0.05) is 31.2 Å². The summed E-state index contributed by atoms with van der Waals surface area (Å²) in [6.07, 6.45) is 2.65. The predicted molar refractivity (Wildman–Crippen MR) is 125 cm³/mol. The second-order valence-electron chi connectivity index (χ2n) is 8.02. The first-order valence-corrected chi connectivity index (χ1v) is 9.71. The Morgan fingerprint density at radius 2 is 1.74 bits per heavy atom. The van der Waals surface area contributed by atoms with Crippen molar-refractivity contribution in [3.8, 4) is 0 Å². The molecule has 5 nitrogen and oxygen atoms in total. The molecule has 1 aromatic carbocycles. The summed E-state index contributed by atoms with van der Waals surface area (Å²) in [5.74, 6) is 1.68. The maximum atomic E-state index is 5.43. The number of hydrogen-bond acceptors (Lipinski definition) is 3. The van der Waals surface area contributed by atoms with Gasteiger partial charge in [0.25, 0.3) is 0 Å². The van der Waals surface area contributed by atoms with Crippen LogP contribution in [0.5, 0.6) is 0 Å². The summed E-state index contributed by atoms with van der Waals surface area (Å²) in [6.45, 7) is 11.4. The molecule has 154 valence electrons. The summed E-state index contributed by atoms with van der Waals surface area (Å²) in [7, 11) is 3.52. The molecule has 2 N–H and O–H groups in total. The smallest absolute Gasteiger partial charge is 0.191 e. The van der Waals surface area contributed by atoms with Crippen molar-refractivity contribution in [3.05, 3.63) is 35.4 Å². The lowest BCUT2D eigenvalue weighted by atomic mass is 9.99. The summed E-state index contributed by atoms with van der Waals surface area (Å²) in [4.78, 5) is 6.84. The average molecular weight is 488 g/mol. The fourth-order valence-corrected chi connectivity index (χ4v) is 3.02. The first kappa shape index (κ1) is 24.2. The van der Waals surface area contributed by atoms with Gasteiger partial charge in [0.15, 0.2) is 5.96 Å². The molecular weight excluding hydrogens is 451 g/mol. The molecular formula is C21H37IN4O. The van der Waals surface area contributed by atoms with E-state index < -0.39 is 0 Å². The maximum absolute atomic E-state index is 5.43. The number of guanidine groups is 1. The number of likely N-dealkylation sites (tertiary alicyclic amines) is 1. The van der Waals surface area contributed by atoms with Crippen molar-refractivity contribution in [2.75, 3.05) is 33.8 Å². The van der Waals surface area contributed by atoms with Crippen LogP contribution in [0.3, 0.4) is 0 Å². The minimum atomic E-state index is -0.217. The molecule has 0 spiro atoms. The third-order valence-electron chi connectivity index (χ3n) is 5.22. The normalized spacial score (nSPS) is 16.7. The summed E-state index contributed by atoms with van der Waals surface area (Å²) in [6, 6.07) is 8.92. The third kappa shape index (κ3) is 8.79. The van der Waals surface area contributed by atoms with Crippen LogP contribution in [-0.2, 0) is 17.8 Å². The van der Waals surface area contributed by atoms with E-state index in [1.54, 1.807) is 14.2 Å². The highest BCUT2D eigenvalue weighted by atomic mass is 127. The lowest BCUT2D eigenvalue weighted by Crippen LogP contribution is -2.45. The van der Waals surface area contributed by atoms with Crippen molar-refractivity contribution in [1.29, 1.82) is 0 Å². The van der Waals surface area contributed by atoms with Crippen LogP contribution in [0.1, 0.15) is 44.7 Å². The number of rotatable bonds is 7. The number of methoxy groups -OCH3 is 1. The fraction of sp³-hybridized carbons (Fsp3) is 0.667. The highest BCUT2D eigenvalue weighted by molar-refractivity contribution is 14.0. The molecule has 0 aliphatic carbocycles. The Balaban J connectivity index is 0.00000364. The van der Waals surface area contributed by atoms with Gasteiger partial charge in [-0.15, -0.1) is 24.0 Å². The minimum Gasteiger partial charge on any atom is -0.377 e. The largest absolute Gasteiger partial charge is 0.377 e. The van der Waals surface area contributed by atoms with Gasteiger partial charge in [0, 0.05) is 33.8 Å². The SMILES string of the molecule is CN=C(NCc1ccc(CN2CCC(C)CC2)cc1)NCC(C)(C)OC.I. The summed E-state index contributed by atoms with van der Waals surface area (Å²) >= 11 is 0. The van der Waals surface area contributed by atoms with Gasteiger partial charge in [-0.05, 0) is 56.8 Å². The van der Waals surface area contributed by atoms with Gasteiger partial charge in [-0.3, -0.25) is 9.89 Å². The molecule has 1 aliphatic rings. The third-order valence-corrected chi connectivity index (χ3v) is 5.22. The Kier molecular flexibility index (Phi) is 10.6. The van der Waals surface area contributed by atoms with E-state index in [9.17, 15) is 0 Å². The van der Waals surface area contributed by atoms with Crippen LogP contribution >= 0.6 is 24.0 Å². The zero-order chi connectivity index (χ0) is 19.0. The molecule has 1 fully saturated rings. The number of halogens is 1. The quantitative estimate of drug-likeness (QED) is 0.350. The van der Waals surface area contributed by atoms with E-state index in [-0.39, 0.29) is 29.6 Å². The number of aliphatic imine (C=N–C) groups is 1. The maximum Gasteiger partial charge on any atom is 0.191 e. The lowest BCUT2D eigenvalue weighted by Gasteiger charge is -2.30. The molecule has 0 aromatic heterocycles. The number of benzene rings is 1. The van der Waals surface area contributed by atoms with Crippen LogP contribution in [0, 0.1) is 5.92 Å². The van der Waals surface area contributed by atoms with Gasteiger partial charge in [0.05, 0.1) is 5.60 Å². The predicted octanol–water partition coefficient (Wildman–Crippen LogP) is 3.63. The standard InChI is InChI=1S/C21H36N4O.HI/c1-17-10-12-25(13-11-17)15-19-8-6-18(7-9-19)14-23-20(22-4)24-16-21(2,3)26-5;/h6-9,17H,10-16H2,1-5H3,(H2,22,23,24);1H. The number of ether oxygens (including phenoxy) is 1. The van der Waals surface area contributed by atoms with E-state index in [0.717, 1.165) is 25.0 Å². The van der Waals surface area contributed by atoms with E-state index in [4.69, 9.17) is 4.74 Å². The highest BCUT2D eigenvalue weighted by Gasteiger charge is 2.17. The van der Waals surface area contributed by atoms with Gasteiger partial charge in [-0.2, -0.15) is 0 Å². The van der Waals surface area contributed by atoms with Crippen LogP contribution in [0.2, 0.25) is 0 Å². The highest BCUT2D eigenvalue weighted by Crippen LogP contribution is 2.18. The minimum absolute atomic E-state index is 0. The molecule has 6 heteroatoms. The zero-order valence-electron chi connectivity index (χ0n) is 17.5. The fourth-order valence-electron chi connectivity index (χ4n) is 3.02. The lowest BCUT2D eigenvalue weighted by molar-refractivity contribution is 0.0268. The van der Waals surface area contributed by atoms with Gasteiger partial charge in [-0.25, -0.2) is 0 Å². The molecule has 0 bridgehead atoms. The Hall–Kier alpha value is -0.860. The van der Waals surface area contributed by atoms with Gasteiger partial charge in [0.2, 0.25) is 0 Å². The molecule has 0 radical (unpaired) electrons. The molecule has 0 amide bonds. The topological polar surface area (TPSA) is 48.9 Å². The second-order valence-corrected chi connectivity index (χ2v) is 8.02. The first-order chi connectivity index (χ1) is 12.4. The van der Waals surface area contributed by atoms with E-state index >= 15 is 0 Å². The number of nitrogens with one attached hydrogen (secondary N) is 2. The summed E-state index contributed by atoms with van der Waals surface area (Å²) in [5, 5.41) is 6.67. The monoisotopic (exact) mass is 488 g/mol. The zero-order valence-corrected chi connectivity index (χ0v) is 19.9. The number of hydrogen-bond donors (Lipinski definition) is 2. The molecule has 0 atom stereocenters. The van der Waals surface area contributed by atoms with Crippen LogP contribution in [0.4, 0.5) is 0 Å². The number of nitrogens with zero attached hydrogens (tertiary/aromatic N) is 2. The van der Waals surface area contributed by atoms with Crippen molar-refractivity contribution in [2.24, 2.45) is 10.9 Å². The molecule has 1 aliphatic heterocycles. The summed E-state index contributed by atoms with van der Waals surface area (Å²) in [5.41, 5.74) is 2.44. The van der Waals surface area contributed by atoms with Crippen molar-refractivity contribution in [2.45, 2.75) is 52.3 Å². The number of piperidine rings is 1. The van der Waals surface area contributed by atoms with E-state index in [1.165, 1.54) is 37.1 Å². The van der Waals surface area contributed by atoms with Gasteiger partial charge >= 0.3 is 0 Å². The van der Waals surface area contributed by atoms with Crippen molar-refractivity contribution < 1.29 is 4.74 Å². The van der Waals surface area contributed by atoms with E-state index in [2.05, 4.69) is 65.6 Å². The van der Waals surface area contributed by atoms with Crippen molar-refractivity contribution in [1.82, 2.24) is 15.5 Å². The average Bonchev–Trinajstić information content (AvgIpc) is 2.65. The Labute approximate surface area is 182 Å². The molecule has 0 saturated carbocycles. The molecule has 27 heavy (non-hydrogen) atoms. The Bertz CT molecular complexity index is 566. The Morgan fingerprint density at radius 1 is 1.15 bits per heavy atom.